The molecular formula is C19H24N4O3. The van der Waals surface area contributed by atoms with E-state index in [0.29, 0.717) is 26.1 Å². The zero-order valence-electron chi connectivity index (χ0n) is 14.9. The molecule has 2 fully saturated rings. The molecule has 0 amide bonds. The number of aromatic amines is 1. The molecule has 138 valence electrons. The minimum Gasteiger partial charge on any atom is -0.381 e. The molecule has 2 aromatic rings. The zero-order valence-corrected chi connectivity index (χ0v) is 14.9. The van der Waals surface area contributed by atoms with Crippen LogP contribution in [0.1, 0.15) is 61.7 Å². The largest absolute Gasteiger partial charge is 0.381 e. The maximum absolute atomic E-state index is 12.4. The van der Waals surface area contributed by atoms with Crippen LogP contribution in [0.4, 0.5) is 5.95 Å². The van der Waals surface area contributed by atoms with Gasteiger partial charge in [0, 0.05) is 19.3 Å². The SMILES string of the molecule is CC(Nc1nc(=O)n(C2CCOCC2)c(=O)[nH]1)c1ccc(C2CC2)cc1. The van der Waals surface area contributed by atoms with E-state index in [0.717, 1.165) is 11.5 Å². The topological polar surface area (TPSA) is 89.0 Å². The van der Waals surface area contributed by atoms with Gasteiger partial charge in [-0.25, -0.2) is 14.2 Å². The minimum absolute atomic E-state index is 0.0651. The predicted molar refractivity (Wildman–Crippen MR) is 98.7 cm³/mol. The van der Waals surface area contributed by atoms with Gasteiger partial charge in [-0.1, -0.05) is 24.3 Å². The first-order valence-electron chi connectivity index (χ1n) is 9.29. The maximum Gasteiger partial charge on any atom is 0.355 e. The third-order valence-corrected chi connectivity index (χ3v) is 5.25. The number of benzene rings is 1. The molecule has 1 saturated heterocycles. The van der Waals surface area contributed by atoms with Gasteiger partial charge in [0.05, 0.1) is 6.04 Å². The van der Waals surface area contributed by atoms with E-state index in [1.165, 1.54) is 23.0 Å². The summed E-state index contributed by atoms with van der Waals surface area (Å²) in [5.41, 5.74) is 1.53. The van der Waals surface area contributed by atoms with Crippen LogP contribution in [0, 0.1) is 0 Å². The third-order valence-electron chi connectivity index (χ3n) is 5.25. The first-order valence-corrected chi connectivity index (χ1v) is 9.29. The lowest BCUT2D eigenvalue weighted by Crippen LogP contribution is -2.42. The Morgan fingerprint density at radius 3 is 2.46 bits per heavy atom. The molecule has 1 unspecified atom stereocenters. The second-order valence-electron chi connectivity index (χ2n) is 7.19. The van der Waals surface area contributed by atoms with Crippen LogP contribution in [-0.2, 0) is 4.74 Å². The van der Waals surface area contributed by atoms with Gasteiger partial charge in [0.2, 0.25) is 5.95 Å². The number of rotatable bonds is 5. The first kappa shape index (κ1) is 17.0. The first-order chi connectivity index (χ1) is 12.6. The summed E-state index contributed by atoms with van der Waals surface area (Å²) in [7, 11) is 0. The highest BCUT2D eigenvalue weighted by molar-refractivity contribution is 5.34. The standard InChI is InChI=1S/C19H24N4O3/c1-12(13-2-4-14(5-3-13)15-6-7-15)20-17-21-18(24)23(19(25)22-17)16-8-10-26-11-9-16/h2-5,12,15-16H,6-11H2,1H3,(H2,20,21,22,24,25). The molecule has 2 heterocycles. The molecule has 1 aromatic heterocycles. The second kappa shape index (κ2) is 7.07. The van der Waals surface area contributed by atoms with E-state index in [9.17, 15) is 9.59 Å². The molecule has 26 heavy (non-hydrogen) atoms. The van der Waals surface area contributed by atoms with Crippen LogP contribution < -0.4 is 16.7 Å². The van der Waals surface area contributed by atoms with E-state index in [1.54, 1.807) is 0 Å². The summed E-state index contributed by atoms with van der Waals surface area (Å²) in [5.74, 6) is 0.935. The summed E-state index contributed by atoms with van der Waals surface area (Å²) in [4.78, 5) is 31.5. The second-order valence-corrected chi connectivity index (χ2v) is 7.19. The Hall–Kier alpha value is -2.41. The van der Waals surface area contributed by atoms with E-state index >= 15 is 0 Å². The Kier molecular flexibility index (Phi) is 4.63. The molecule has 1 saturated carbocycles. The highest BCUT2D eigenvalue weighted by atomic mass is 16.5. The van der Waals surface area contributed by atoms with Gasteiger partial charge in [-0.3, -0.25) is 4.98 Å². The number of H-pyrrole nitrogens is 1. The normalized spacial score (nSPS) is 19.3. The summed E-state index contributed by atoms with van der Waals surface area (Å²) in [6.07, 6.45) is 3.87. The van der Waals surface area contributed by atoms with Crippen LogP contribution in [0.25, 0.3) is 0 Å². The number of aromatic nitrogens is 3. The molecule has 0 spiro atoms. The number of hydrogen-bond donors (Lipinski definition) is 2. The molecule has 1 atom stereocenters. The molecule has 0 radical (unpaired) electrons. The van der Waals surface area contributed by atoms with E-state index in [-0.39, 0.29) is 18.0 Å². The maximum atomic E-state index is 12.4. The highest BCUT2D eigenvalue weighted by Gasteiger charge is 2.23. The monoisotopic (exact) mass is 356 g/mol. The van der Waals surface area contributed by atoms with E-state index in [1.807, 2.05) is 6.92 Å². The highest BCUT2D eigenvalue weighted by Crippen LogP contribution is 2.40. The number of ether oxygens (including phenoxy) is 1. The van der Waals surface area contributed by atoms with E-state index < -0.39 is 11.4 Å². The van der Waals surface area contributed by atoms with Crippen molar-refractivity contribution in [3.63, 3.8) is 0 Å². The summed E-state index contributed by atoms with van der Waals surface area (Å²) >= 11 is 0. The fraction of sp³-hybridized carbons (Fsp3) is 0.526. The van der Waals surface area contributed by atoms with Crippen molar-refractivity contribution in [2.45, 2.75) is 50.6 Å². The Balaban J connectivity index is 1.50. The molecule has 4 rings (SSSR count). The molecule has 1 aliphatic carbocycles. The fourth-order valence-electron chi connectivity index (χ4n) is 3.52. The molecular weight excluding hydrogens is 332 g/mol. The number of nitrogens with one attached hydrogen (secondary N) is 2. The van der Waals surface area contributed by atoms with Crippen LogP contribution in [0.5, 0.6) is 0 Å². The van der Waals surface area contributed by atoms with E-state index in [4.69, 9.17) is 4.74 Å². The van der Waals surface area contributed by atoms with Crippen molar-refractivity contribution in [2.75, 3.05) is 18.5 Å². The molecule has 0 bridgehead atoms. The average molecular weight is 356 g/mol. The zero-order chi connectivity index (χ0) is 18.1. The fourth-order valence-corrected chi connectivity index (χ4v) is 3.52. The van der Waals surface area contributed by atoms with Gasteiger partial charge in [-0.15, -0.1) is 0 Å². The Morgan fingerprint density at radius 2 is 1.85 bits per heavy atom. The van der Waals surface area contributed by atoms with Gasteiger partial charge in [-0.05, 0) is 49.7 Å². The number of nitrogens with zero attached hydrogens (tertiary/aromatic N) is 2. The van der Waals surface area contributed by atoms with Gasteiger partial charge in [-0.2, -0.15) is 4.98 Å². The van der Waals surface area contributed by atoms with Gasteiger partial charge in [0.15, 0.2) is 0 Å². The van der Waals surface area contributed by atoms with Crippen molar-refractivity contribution in [2.24, 2.45) is 0 Å². The molecule has 2 aliphatic rings. The summed E-state index contributed by atoms with van der Waals surface area (Å²) in [5, 5.41) is 3.13. The van der Waals surface area contributed by atoms with Crippen LogP contribution in [-0.4, -0.2) is 27.7 Å². The lowest BCUT2D eigenvalue weighted by Gasteiger charge is -2.23. The quantitative estimate of drug-likeness (QED) is 0.858. The van der Waals surface area contributed by atoms with E-state index in [2.05, 4.69) is 39.6 Å². The Morgan fingerprint density at radius 1 is 1.15 bits per heavy atom. The summed E-state index contributed by atoms with van der Waals surface area (Å²) in [6, 6.07) is 8.28. The van der Waals surface area contributed by atoms with Gasteiger partial charge in [0.1, 0.15) is 0 Å². The van der Waals surface area contributed by atoms with Crippen molar-refractivity contribution < 1.29 is 4.74 Å². The smallest absolute Gasteiger partial charge is 0.355 e. The lowest BCUT2D eigenvalue weighted by molar-refractivity contribution is 0.0670. The third kappa shape index (κ3) is 3.58. The van der Waals surface area contributed by atoms with Crippen molar-refractivity contribution in [1.29, 1.82) is 0 Å². The average Bonchev–Trinajstić information content (AvgIpc) is 3.47. The molecule has 1 aromatic carbocycles. The van der Waals surface area contributed by atoms with Crippen LogP contribution in [0.3, 0.4) is 0 Å². The molecule has 1 aliphatic heterocycles. The van der Waals surface area contributed by atoms with Crippen molar-refractivity contribution >= 4 is 5.95 Å². The minimum atomic E-state index is -0.514. The molecule has 7 nitrogen and oxygen atoms in total. The Labute approximate surface area is 151 Å². The predicted octanol–water partition coefficient (Wildman–Crippen LogP) is 2.33. The number of anilines is 1. The van der Waals surface area contributed by atoms with Gasteiger partial charge in [0.25, 0.3) is 0 Å². The van der Waals surface area contributed by atoms with Crippen molar-refractivity contribution in [1.82, 2.24) is 14.5 Å². The lowest BCUT2D eigenvalue weighted by atomic mass is 10.0. The van der Waals surface area contributed by atoms with Crippen LogP contribution in [0.2, 0.25) is 0 Å². The van der Waals surface area contributed by atoms with Gasteiger partial charge < -0.3 is 10.1 Å². The Bertz CT molecular complexity index is 846. The molecule has 7 heteroatoms. The summed E-state index contributed by atoms with van der Waals surface area (Å²) < 4.78 is 6.50. The van der Waals surface area contributed by atoms with Crippen molar-refractivity contribution in [3.05, 3.63) is 56.4 Å². The van der Waals surface area contributed by atoms with Crippen LogP contribution in [0.15, 0.2) is 33.9 Å². The van der Waals surface area contributed by atoms with Crippen molar-refractivity contribution in [3.8, 4) is 0 Å². The van der Waals surface area contributed by atoms with Crippen LogP contribution >= 0.6 is 0 Å². The van der Waals surface area contributed by atoms with Gasteiger partial charge >= 0.3 is 11.4 Å². The summed E-state index contributed by atoms with van der Waals surface area (Å²) in [6.45, 7) is 3.10. The molecule has 2 N–H and O–H groups in total. The number of hydrogen-bond acceptors (Lipinski definition) is 5.